The van der Waals surface area contributed by atoms with E-state index < -0.39 is 5.82 Å². The van der Waals surface area contributed by atoms with Crippen molar-refractivity contribution >= 4 is 0 Å². The highest BCUT2D eigenvalue weighted by Gasteiger charge is 2.05. The molecule has 0 atom stereocenters. The largest absolute Gasteiger partial charge is 0.494 e. The lowest BCUT2D eigenvalue weighted by molar-refractivity contribution is 0.304. The van der Waals surface area contributed by atoms with Gasteiger partial charge in [0.25, 0.3) is 0 Å². The maximum atomic E-state index is 13.6. The number of benzene rings is 2. The van der Waals surface area contributed by atoms with E-state index in [-0.39, 0.29) is 12.4 Å². The number of tetrazole rings is 1. The number of methoxy groups -OCH3 is 1. The third-order valence-electron chi connectivity index (χ3n) is 3.05. The highest BCUT2D eigenvalue weighted by atomic mass is 19.1. The molecule has 0 saturated carbocycles. The number of nitrogens with zero attached hydrogens (tertiary/aromatic N) is 4. The van der Waals surface area contributed by atoms with Gasteiger partial charge >= 0.3 is 0 Å². The van der Waals surface area contributed by atoms with Gasteiger partial charge in [-0.1, -0.05) is 12.1 Å². The van der Waals surface area contributed by atoms with Crippen LogP contribution in [-0.2, 0) is 6.61 Å². The van der Waals surface area contributed by atoms with Gasteiger partial charge in [-0.15, -0.1) is 5.10 Å². The van der Waals surface area contributed by atoms with Crippen LogP contribution >= 0.6 is 0 Å². The van der Waals surface area contributed by atoms with Gasteiger partial charge in [-0.25, -0.2) is 9.07 Å². The normalized spacial score (nSPS) is 10.5. The van der Waals surface area contributed by atoms with Crippen molar-refractivity contribution in [3.8, 4) is 17.2 Å². The summed E-state index contributed by atoms with van der Waals surface area (Å²) >= 11 is 0. The van der Waals surface area contributed by atoms with Crippen molar-refractivity contribution in [2.75, 3.05) is 7.11 Å². The molecule has 7 heteroatoms. The Morgan fingerprint density at radius 2 is 2.09 bits per heavy atom. The molecule has 112 valence electrons. The first-order chi connectivity index (χ1) is 10.8. The molecule has 0 amide bonds. The third kappa shape index (κ3) is 3.03. The zero-order valence-electron chi connectivity index (χ0n) is 11.8. The molecule has 0 fully saturated rings. The van der Waals surface area contributed by atoms with Crippen LogP contribution in [0, 0.1) is 5.82 Å². The number of ether oxygens (including phenoxy) is 2. The summed E-state index contributed by atoms with van der Waals surface area (Å²) in [5.74, 6) is 0.444. The Morgan fingerprint density at radius 1 is 1.18 bits per heavy atom. The minimum atomic E-state index is -0.411. The van der Waals surface area contributed by atoms with E-state index in [1.807, 2.05) is 18.2 Å². The fourth-order valence-electron chi connectivity index (χ4n) is 1.96. The van der Waals surface area contributed by atoms with Crippen molar-refractivity contribution in [1.29, 1.82) is 0 Å². The molecular formula is C15H13FN4O2. The second kappa shape index (κ2) is 6.21. The smallest absolute Gasteiger partial charge is 0.165 e. The molecule has 0 aliphatic heterocycles. The molecule has 0 bridgehead atoms. The SMILES string of the molecule is COc1ccc(COc2cccc(-n3cnnn3)c2)cc1F. The van der Waals surface area contributed by atoms with E-state index in [0.717, 1.165) is 5.69 Å². The topological polar surface area (TPSA) is 62.1 Å². The van der Waals surface area contributed by atoms with Crippen LogP contribution < -0.4 is 9.47 Å². The van der Waals surface area contributed by atoms with Gasteiger partial charge in [-0.05, 0) is 40.3 Å². The highest BCUT2D eigenvalue weighted by Crippen LogP contribution is 2.20. The fourth-order valence-corrected chi connectivity index (χ4v) is 1.96. The van der Waals surface area contributed by atoms with Crippen LogP contribution in [0.1, 0.15) is 5.56 Å². The minimum absolute atomic E-state index is 0.212. The van der Waals surface area contributed by atoms with E-state index in [1.54, 1.807) is 18.2 Å². The molecule has 2 aromatic carbocycles. The molecule has 0 aliphatic rings. The van der Waals surface area contributed by atoms with E-state index >= 15 is 0 Å². The van der Waals surface area contributed by atoms with Crippen molar-refractivity contribution in [3.63, 3.8) is 0 Å². The van der Waals surface area contributed by atoms with Gasteiger partial charge in [0, 0.05) is 6.07 Å². The van der Waals surface area contributed by atoms with Gasteiger partial charge in [0.1, 0.15) is 18.7 Å². The predicted molar refractivity (Wildman–Crippen MR) is 76.4 cm³/mol. The van der Waals surface area contributed by atoms with Gasteiger partial charge in [-0.3, -0.25) is 0 Å². The zero-order valence-corrected chi connectivity index (χ0v) is 11.8. The predicted octanol–water partition coefficient (Wildman–Crippen LogP) is 2.39. The summed E-state index contributed by atoms with van der Waals surface area (Å²) < 4.78 is 25.7. The molecular weight excluding hydrogens is 287 g/mol. The Morgan fingerprint density at radius 3 is 2.82 bits per heavy atom. The molecule has 6 nitrogen and oxygen atoms in total. The first-order valence-corrected chi connectivity index (χ1v) is 6.55. The lowest BCUT2D eigenvalue weighted by Gasteiger charge is -2.09. The standard InChI is InChI=1S/C15H13FN4O2/c1-21-15-6-5-11(7-14(15)16)9-22-13-4-2-3-12(8-13)20-10-17-18-19-20/h2-8,10H,9H2,1H3. The molecule has 0 saturated heterocycles. The molecule has 22 heavy (non-hydrogen) atoms. The van der Waals surface area contributed by atoms with Gasteiger partial charge in [0.05, 0.1) is 12.8 Å². The number of rotatable bonds is 5. The van der Waals surface area contributed by atoms with Crippen LogP contribution in [0.5, 0.6) is 11.5 Å². The summed E-state index contributed by atoms with van der Waals surface area (Å²) in [6.07, 6.45) is 1.50. The van der Waals surface area contributed by atoms with Crippen LogP contribution in [-0.4, -0.2) is 27.3 Å². The molecule has 3 rings (SSSR count). The molecule has 3 aromatic rings. The van der Waals surface area contributed by atoms with Gasteiger partial charge in [0.15, 0.2) is 11.6 Å². The maximum absolute atomic E-state index is 13.6. The van der Waals surface area contributed by atoms with Gasteiger partial charge < -0.3 is 9.47 Å². The average molecular weight is 300 g/mol. The summed E-state index contributed by atoms with van der Waals surface area (Å²) in [6, 6.07) is 12.0. The van der Waals surface area contributed by atoms with Gasteiger partial charge in [0.2, 0.25) is 0 Å². The molecule has 0 aliphatic carbocycles. The first kappa shape index (κ1) is 14.0. The molecule has 1 heterocycles. The minimum Gasteiger partial charge on any atom is -0.494 e. The Kier molecular flexibility index (Phi) is 3.95. The monoisotopic (exact) mass is 300 g/mol. The Labute approximate surface area is 126 Å². The van der Waals surface area contributed by atoms with E-state index in [0.29, 0.717) is 11.3 Å². The van der Waals surface area contributed by atoms with Crippen LogP contribution in [0.15, 0.2) is 48.8 Å². The summed E-state index contributed by atoms with van der Waals surface area (Å²) in [4.78, 5) is 0. The summed E-state index contributed by atoms with van der Waals surface area (Å²) in [7, 11) is 1.43. The zero-order chi connectivity index (χ0) is 15.4. The van der Waals surface area contributed by atoms with Crippen molar-refractivity contribution in [1.82, 2.24) is 20.2 Å². The second-order valence-electron chi connectivity index (χ2n) is 4.51. The maximum Gasteiger partial charge on any atom is 0.165 e. The molecule has 0 unspecified atom stereocenters. The van der Waals surface area contributed by atoms with E-state index in [2.05, 4.69) is 15.5 Å². The summed E-state index contributed by atoms with van der Waals surface area (Å²) in [6.45, 7) is 0.250. The number of hydrogen-bond acceptors (Lipinski definition) is 5. The van der Waals surface area contributed by atoms with Crippen molar-refractivity contribution in [3.05, 3.63) is 60.2 Å². The van der Waals surface area contributed by atoms with Crippen molar-refractivity contribution < 1.29 is 13.9 Å². The second-order valence-corrected chi connectivity index (χ2v) is 4.51. The molecule has 1 aromatic heterocycles. The van der Waals surface area contributed by atoms with Crippen LogP contribution in [0.3, 0.4) is 0 Å². The Bertz CT molecular complexity index is 762. The molecule has 0 radical (unpaired) electrons. The lowest BCUT2D eigenvalue weighted by Crippen LogP contribution is -1.99. The fraction of sp³-hybridized carbons (Fsp3) is 0.133. The summed E-state index contributed by atoms with van der Waals surface area (Å²) in [5, 5.41) is 11.0. The molecule has 0 N–H and O–H groups in total. The van der Waals surface area contributed by atoms with E-state index in [9.17, 15) is 4.39 Å². The van der Waals surface area contributed by atoms with Crippen molar-refractivity contribution in [2.45, 2.75) is 6.61 Å². The summed E-state index contributed by atoms with van der Waals surface area (Å²) in [5.41, 5.74) is 1.49. The number of hydrogen-bond donors (Lipinski definition) is 0. The van der Waals surface area contributed by atoms with Gasteiger partial charge in [-0.2, -0.15) is 0 Å². The van der Waals surface area contributed by atoms with Crippen molar-refractivity contribution in [2.24, 2.45) is 0 Å². The van der Waals surface area contributed by atoms with Crippen LogP contribution in [0.4, 0.5) is 4.39 Å². The quantitative estimate of drug-likeness (QED) is 0.724. The van der Waals surface area contributed by atoms with Crippen LogP contribution in [0.2, 0.25) is 0 Å². The lowest BCUT2D eigenvalue weighted by atomic mass is 10.2. The number of halogens is 1. The third-order valence-corrected chi connectivity index (χ3v) is 3.05. The van der Waals surface area contributed by atoms with E-state index in [1.165, 1.54) is 24.2 Å². The van der Waals surface area contributed by atoms with Crippen LogP contribution in [0.25, 0.3) is 5.69 Å². The highest BCUT2D eigenvalue weighted by molar-refractivity contribution is 5.38. The average Bonchev–Trinajstić information content (AvgIpc) is 3.08. The first-order valence-electron chi connectivity index (χ1n) is 6.55. The molecule has 0 spiro atoms. The van der Waals surface area contributed by atoms with E-state index in [4.69, 9.17) is 9.47 Å². The Hall–Kier alpha value is -2.96. The Balaban J connectivity index is 1.71. The number of aromatic nitrogens is 4.